The predicted molar refractivity (Wildman–Crippen MR) is 165 cm³/mol. The number of nitrogens with one attached hydrogen (secondary N) is 1. The summed E-state index contributed by atoms with van der Waals surface area (Å²) in [4.78, 5) is 0. The highest BCUT2D eigenvalue weighted by Crippen LogP contribution is 2.54. The number of hydrogen-bond donors (Lipinski definition) is 1. The van der Waals surface area contributed by atoms with E-state index in [0.717, 1.165) is 32.1 Å². The van der Waals surface area contributed by atoms with Crippen LogP contribution in [-0.4, -0.2) is 30.6 Å². The van der Waals surface area contributed by atoms with Crippen LogP contribution in [0.5, 0.6) is 0 Å². The first kappa shape index (κ1) is 52.9. The van der Waals surface area contributed by atoms with Crippen LogP contribution in [0.1, 0.15) is 103 Å². The minimum atomic E-state index is -7.10. The van der Waals surface area contributed by atoms with Gasteiger partial charge in [0.2, 0.25) is 5.82 Å². The molecule has 1 nitrogen and oxygen atoms in total. The highest BCUT2D eigenvalue weighted by atomic mass is 19.4. The number of rotatable bonds is 18. The molecule has 0 radical (unpaired) electrons. The van der Waals surface area contributed by atoms with Gasteiger partial charge in [0.1, 0.15) is 5.56 Å². The van der Waals surface area contributed by atoms with Gasteiger partial charge in [0.05, 0.1) is 11.1 Å². The van der Waals surface area contributed by atoms with Crippen molar-refractivity contribution in [2.75, 3.05) is 6.54 Å². The lowest BCUT2D eigenvalue weighted by molar-refractivity contribution is -0.321. The number of hydrogen-bond acceptors (Lipinski definition) is 1. The van der Waals surface area contributed by atoms with E-state index in [1.165, 1.54) is 5.32 Å². The molecular weight excluding hydrogens is 852 g/mol. The average molecular weight is 890 g/mol. The first-order chi connectivity index (χ1) is 26.2. The Labute approximate surface area is 317 Å². The van der Waals surface area contributed by atoms with Crippen LogP contribution in [0.4, 0.5) is 96.6 Å². The van der Waals surface area contributed by atoms with E-state index < -0.39 is 118 Å². The first-order valence-corrected chi connectivity index (χ1v) is 17.4. The average Bonchev–Trinajstić information content (AvgIpc) is 3.10. The Morgan fingerprint density at radius 2 is 0.966 bits per heavy atom. The smallest absolute Gasteiger partial charge is 0.252 e. The standard InChI is InChI=1S/C20H37F6N.C15F16/c1-5-8-9-10-14-18(21,22)19(23,24)20(25,26)27-15-16(4)12-13-17(7-3)11-6-2;16-5-2(6(17)10(21)12(23)9(5)20)1-3(13(24,25)15(29,30)31)7(18)11(22)8(19)4(1)14(26,27)28/h16-17,27H,5-15H2,1-4H3;. The Balaban J connectivity index is 0.000000587. The van der Waals surface area contributed by atoms with Gasteiger partial charge in [-0.2, -0.15) is 61.5 Å². The highest BCUT2D eigenvalue weighted by Gasteiger charge is 2.71. The second-order valence-corrected chi connectivity index (χ2v) is 13.4. The van der Waals surface area contributed by atoms with Crippen molar-refractivity contribution in [2.24, 2.45) is 11.8 Å². The van der Waals surface area contributed by atoms with Crippen LogP contribution in [0.3, 0.4) is 0 Å². The molecule has 0 aliphatic carbocycles. The molecule has 23 heteroatoms. The van der Waals surface area contributed by atoms with Crippen molar-refractivity contribution >= 4 is 0 Å². The Morgan fingerprint density at radius 1 is 0.500 bits per heavy atom. The molecule has 0 aliphatic rings. The Hall–Kier alpha value is -3.14. The Kier molecular flexibility index (Phi) is 18.2. The maximum atomic E-state index is 13.9. The van der Waals surface area contributed by atoms with E-state index in [0.29, 0.717) is 25.2 Å². The molecule has 1 N–H and O–H groups in total. The zero-order chi connectivity index (χ0) is 45.6. The van der Waals surface area contributed by atoms with Crippen molar-refractivity contribution in [3.8, 4) is 11.1 Å². The van der Waals surface area contributed by atoms with E-state index in [9.17, 15) is 96.6 Å². The summed E-state index contributed by atoms with van der Waals surface area (Å²) in [5, 5.41) is 1.42. The molecule has 0 spiro atoms. The van der Waals surface area contributed by atoms with Crippen molar-refractivity contribution in [2.45, 2.75) is 128 Å². The summed E-state index contributed by atoms with van der Waals surface area (Å²) >= 11 is 0. The fourth-order valence-corrected chi connectivity index (χ4v) is 5.59. The summed E-state index contributed by atoms with van der Waals surface area (Å²) in [5.74, 6) is -44.1. The fourth-order valence-electron chi connectivity index (χ4n) is 5.59. The fraction of sp³-hybridized carbons (Fsp3) is 0.657. The molecule has 0 amide bonds. The van der Waals surface area contributed by atoms with E-state index >= 15 is 0 Å². The molecule has 0 fully saturated rings. The van der Waals surface area contributed by atoms with Crippen molar-refractivity contribution in [3.63, 3.8) is 0 Å². The largest absolute Gasteiger partial charge is 0.458 e. The topological polar surface area (TPSA) is 12.0 Å². The minimum absolute atomic E-state index is 0.196. The van der Waals surface area contributed by atoms with Crippen LogP contribution in [0, 0.1) is 58.4 Å². The van der Waals surface area contributed by atoms with Crippen LogP contribution >= 0.6 is 0 Å². The van der Waals surface area contributed by atoms with Gasteiger partial charge in [-0.1, -0.05) is 72.6 Å². The lowest BCUT2D eigenvalue weighted by Gasteiger charge is -2.34. The highest BCUT2D eigenvalue weighted by molar-refractivity contribution is 5.75. The summed E-state index contributed by atoms with van der Waals surface area (Å²) in [5.41, 5.74) is -14.2. The summed E-state index contributed by atoms with van der Waals surface area (Å²) in [7, 11) is 0. The molecule has 0 saturated carbocycles. The molecule has 2 aromatic rings. The molecular formula is C35H37F22N. The van der Waals surface area contributed by atoms with E-state index in [2.05, 4.69) is 13.8 Å². The lowest BCUT2D eigenvalue weighted by atomic mass is 9.88. The molecule has 0 heterocycles. The van der Waals surface area contributed by atoms with Gasteiger partial charge in [0.25, 0.3) is 0 Å². The minimum Gasteiger partial charge on any atom is -0.252 e. The van der Waals surface area contributed by atoms with Gasteiger partial charge < -0.3 is 0 Å². The van der Waals surface area contributed by atoms with Crippen molar-refractivity contribution in [1.29, 1.82) is 0 Å². The third-order valence-electron chi connectivity index (χ3n) is 8.95. The lowest BCUT2D eigenvalue weighted by Crippen LogP contribution is -2.61. The second kappa shape index (κ2) is 19.9. The van der Waals surface area contributed by atoms with Crippen LogP contribution in [0.25, 0.3) is 11.1 Å². The molecule has 0 bridgehead atoms. The van der Waals surface area contributed by atoms with E-state index in [-0.39, 0.29) is 12.3 Å². The molecule has 2 rings (SSSR count). The summed E-state index contributed by atoms with van der Waals surface area (Å²) in [6.07, 6.45) is -8.97. The molecule has 2 aromatic carbocycles. The zero-order valence-corrected chi connectivity index (χ0v) is 30.7. The normalized spacial score (nSPS) is 14.4. The molecule has 0 aromatic heterocycles. The number of halogens is 22. The molecule has 0 saturated heterocycles. The zero-order valence-electron chi connectivity index (χ0n) is 30.7. The van der Waals surface area contributed by atoms with Gasteiger partial charge in [-0.25, -0.2) is 35.1 Å². The molecule has 0 aliphatic heterocycles. The molecule has 2 atom stereocenters. The predicted octanol–water partition coefficient (Wildman–Crippen LogP) is 14.8. The van der Waals surface area contributed by atoms with E-state index in [1.807, 2.05) is 6.92 Å². The maximum Gasteiger partial charge on any atom is 0.458 e. The Bertz CT molecular complexity index is 1630. The summed E-state index contributed by atoms with van der Waals surface area (Å²) < 4.78 is 297. The maximum absolute atomic E-state index is 13.9. The van der Waals surface area contributed by atoms with Gasteiger partial charge in [0, 0.05) is 18.5 Å². The molecule has 2 unspecified atom stereocenters. The Morgan fingerprint density at radius 3 is 1.40 bits per heavy atom. The quantitative estimate of drug-likeness (QED) is 0.0517. The molecule has 58 heavy (non-hydrogen) atoms. The van der Waals surface area contributed by atoms with E-state index in [4.69, 9.17) is 0 Å². The SMILES string of the molecule is CCCCCCC(F)(F)C(F)(F)C(F)(F)NCC(C)CCC(CC)CCC.Fc1c(F)c(F)c(-c2c(C(F)(F)F)c(F)c(F)c(F)c2C(F)(F)C(F)(F)F)c(F)c1F. The number of unbranched alkanes of at least 4 members (excludes halogenated alkanes) is 3. The number of benzene rings is 2. The second-order valence-electron chi connectivity index (χ2n) is 13.4. The van der Waals surface area contributed by atoms with Crippen molar-refractivity contribution in [1.82, 2.24) is 5.32 Å². The van der Waals surface area contributed by atoms with Gasteiger partial charge in [-0.15, -0.1) is 0 Å². The van der Waals surface area contributed by atoms with Gasteiger partial charge in [-0.05, 0) is 24.7 Å². The van der Waals surface area contributed by atoms with Gasteiger partial charge in [-0.3, -0.25) is 5.32 Å². The van der Waals surface area contributed by atoms with Crippen molar-refractivity contribution in [3.05, 3.63) is 57.7 Å². The number of alkyl halides is 14. The van der Waals surface area contributed by atoms with Crippen LogP contribution in [0.2, 0.25) is 0 Å². The van der Waals surface area contributed by atoms with Crippen LogP contribution < -0.4 is 5.32 Å². The van der Waals surface area contributed by atoms with Crippen molar-refractivity contribution < 1.29 is 96.6 Å². The monoisotopic (exact) mass is 889 g/mol. The third-order valence-corrected chi connectivity index (χ3v) is 8.95. The summed E-state index contributed by atoms with van der Waals surface area (Å²) in [6.45, 7) is 7.22. The van der Waals surface area contributed by atoms with Gasteiger partial charge in [0.15, 0.2) is 40.7 Å². The van der Waals surface area contributed by atoms with E-state index in [1.54, 1.807) is 6.92 Å². The van der Waals surface area contributed by atoms with Crippen LogP contribution in [-0.2, 0) is 12.1 Å². The molecule has 336 valence electrons. The van der Waals surface area contributed by atoms with Gasteiger partial charge >= 0.3 is 36.2 Å². The summed E-state index contributed by atoms with van der Waals surface area (Å²) in [6, 6.07) is -4.94. The third kappa shape index (κ3) is 11.6. The van der Waals surface area contributed by atoms with Crippen LogP contribution in [0.15, 0.2) is 0 Å². The first-order valence-electron chi connectivity index (χ1n) is 17.4.